The summed E-state index contributed by atoms with van der Waals surface area (Å²) in [5.74, 6) is -2.24. The van der Waals surface area contributed by atoms with E-state index in [1.54, 1.807) is 24.3 Å². The van der Waals surface area contributed by atoms with Crippen molar-refractivity contribution in [2.75, 3.05) is 35.8 Å². The van der Waals surface area contributed by atoms with Crippen molar-refractivity contribution in [3.8, 4) is 0 Å². The Bertz CT molecular complexity index is 1600. The molecule has 2 heterocycles. The fraction of sp³-hybridized carbons (Fsp3) is 0.188. The van der Waals surface area contributed by atoms with E-state index in [1.807, 2.05) is 92.0 Å². The number of ketones is 1. The zero-order chi connectivity index (χ0) is 29.1. The predicted octanol–water partition coefficient (Wildman–Crippen LogP) is 5.06. The van der Waals surface area contributed by atoms with Crippen LogP contribution in [0.1, 0.15) is 32.4 Å². The van der Waals surface area contributed by atoms with Gasteiger partial charge in [-0.3, -0.25) is 24.1 Å². The van der Waals surface area contributed by atoms with Gasteiger partial charge in [0.1, 0.15) is 12.6 Å². The van der Waals surface area contributed by atoms with Gasteiger partial charge in [-0.1, -0.05) is 42.5 Å². The van der Waals surface area contributed by atoms with Crippen LogP contribution < -0.4 is 15.1 Å². The van der Waals surface area contributed by atoms with E-state index >= 15 is 0 Å². The quantitative estimate of drug-likeness (QED) is 0.286. The third-order valence-corrected chi connectivity index (χ3v) is 8.04. The van der Waals surface area contributed by atoms with Gasteiger partial charge in [0.2, 0.25) is 5.91 Å². The summed E-state index contributed by atoms with van der Waals surface area (Å²) in [5, 5.41) is 4.84. The Balaban J connectivity index is 1.51. The molecule has 0 aliphatic carbocycles. The molecule has 0 spiro atoms. The SMILES string of the molecule is Cc1ccccc1CN(C(=O)CN1C(=O)C(=O)c2ccccc21)[C@H](C(=O)Nc1ccc(N(C)C)cc1)c1cccs1. The van der Waals surface area contributed by atoms with E-state index < -0.39 is 23.6 Å². The first-order valence-corrected chi connectivity index (χ1v) is 14.0. The Hall–Kier alpha value is -4.76. The van der Waals surface area contributed by atoms with Crippen molar-refractivity contribution in [1.29, 1.82) is 0 Å². The number of carbonyl (C=O) groups excluding carboxylic acids is 4. The average Bonchev–Trinajstić information content (AvgIpc) is 3.57. The molecule has 41 heavy (non-hydrogen) atoms. The van der Waals surface area contributed by atoms with E-state index in [9.17, 15) is 19.2 Å². The van der Waals surface area contributed by atoms with Crippen molar-refractivity contribution in [1.82, 2.24) is 4.90 Å². The number of rotatable bonds is 9. The number of aryl methyl sites for hydroxylation is 1. The fourth-order valence-corrected chi connectivity index (χ4v) is 5.69. The molecule has 1 atom stereocenters. The number of anilines is 3. The molecule has 0 bridgehead atoms. The molecular formula is C32H30N4O4S. The summed E-state index contributed by atoms with van der Waals surface area (Å²) in [7, 11) is 3.87. The highest BCUT2D eigenvalue weighted by molar-refractivity contribution is 7.10. The summed E-state index contributed by atoms with van der Waals surface area (Å²) in [6.07, 6.45) is 0. The third-order valence-electron chi connectivity index (χ3n) is 7.12. The van der Waals surface area contributed by atoms with Gasteiger partial charge in [-0.2, -0.15) is 0 Å². The summed E-state index contributed by atoms with van der Waals surface area (Å²) < 4.78 is 0. The molecular weight excluding hydrogens is 536 g/mol. The number of hydrogen-bond acceptors (Lipinski definition) is 6. The van der Waals surface area contributed by atoms with E-state index in [0.717, 1.165) is 16.8 Å². The number of Topliss-reactive ketones (excluding diaryl/α,β-unsaturated/α-hetero) is 1. The molecule has 0 fully saturated rings. The van der Waals surface area contributed by atoms with E-state index in [-0.39, 0.29) is 24.6 Å². The van der Waals surface area contributed by atoms with Gasteiger partial charge in [0.15, 0.2) is 0 Å². The number of thiophene rings is 1. The number of carbonyl (C=O) groups is 4. The zero-order valence-electron chi connectivity index (χ0n) is 23.0. The lowest BCUT2D eigenvalue weighted by Crippen LogP contribution is -2.46. The van der Waals surface area contributed by atoms with Crippen LogP contribution in [0.3, 0.4) is 0 Å². The molecule has 0 saturated carbocycles. The lowest BCUT2D eigenvalue weighted by Gasteiger charge is -2.32. The van der Waals surface area contributed by atoms with Crippen LogP contribution in [-0.2, 0) is 20.9 Å². The number of nitrogens with zero attached hydrogens (tertiary/aromatic N) is 3. The molecule has 0 unspecified atom stereocenters. The first-order chi connectivity index (χ1) is 19.7. The number of fused-ring (bicyclic) bond motifs is 1. The third kappa shape index (κ3) is 5.76. The Labute approximate surface area is 242 Å². The predicted molar refractivity (Wildman–Crippen MR) is 161 cm³/mol. The minimum Gasteiger partial charge on any atom is -0.378 e. The van der Waals surface area contributed by atoms with Gasteiger partial charge >= 0.3 is 0 Å². The summed E-state index contributed by atoms with van der Waals surface area (Å²) in [4.78, 5) is 58.9. The number of para-hydroxylation sites is 1. The molecule has 0 radical (unpaired) electrons. The van der Waals surface area contributed by atoms with E-state index in [4.69, 9.17) is 0 Å². The number of hydrogen-bond donors (Lipinski definition) is 1. The highest BCUT2D eigenvalue weighted by Gasteiger charge is 2.39. The number of nitrogens with one attached hydrogen (secondary N) is 1. The van der Waals surface area contributed by atoms with E-state index in [1.165, 1.54) is 21.1 Å². The van der Waals surface area contributed by atoms with Gasteiger partial charge in [0, 0.05) is 36.9 Å². The topological polar surface area (TPSA) is 90.0 Å². The summed E-state index contributed by atoms with van der Waals surface area (Å²) in [6.45, 7) is 1.71. The normalized spacial score (nSPS) is 13.1. The molecule has 0 saturated heterocycles. The van der Waals surface area contributed by atoms with Gasteiger partial charge < -0.3 is 15.1 Å². The molecule has 1 aromatic heterocycles. The second-order valence-corrected chi connectivity index (χ2v) is 11.0. The maximum atomic E-state index is 14.1. The second-order valence-electron chi connectivity index (χ2n) is 10.0. The molecule has 5 rings (SSSR count). The van der Waals surface area contributed by atoms with Crippen LogP contribution in [0.15, 0.2) is 90.3 Å². The second kappa shape index (κ2) is 11.8. The minimum atomic E-state index is -0.973. The monoisotopic (exact) mass is 566 g/mol. The van der Waals surface area contributed by atoms with Crippen molar-refractivity contribution in [3.63, 3.8) is 0 Å². The van der Waals surface area contributed by atoms with Crippen LogP contribution in [0.25, 0.3) is 0 Å². The van der Waals surface area contributed by atoms with Crippen molar-refractivity contribution in [2.45, 2.75) is 19.5 Å². The van der Waals surface area contributed by atoms with Crippen LogP contribution in [0.2, 0.25) is 0 Å². The minimum absolute atomic E-state index is 0.138. The van der Waals surface area contributed by atoms with Crippen LogP contribution in [-0.4, -0.2) is 49.0 Å². The summed E-state index contributed by atoms with van der Waals surface area (Å²) in [5.41, 5.74) is 4.08. The van der Waals surface area contributed by atoms with Crippen LogP contribution in [0, 0.1) is 6.92 Å². The van der Waals surface area contributed by atoms with Gasteiger partial charge in [0.05, 0.1) is 11.3 Å². The van der Waals surface area contributed by atoms with Crippen molar-refractivity contribution in [3.05, 3.63) is 112 Å². The molecule has 1 aliphatic heterocycles. The maximum absolute atomic E-state index is 14.1. The molecule has 3 aromatic carbocycles. The first-order valence-electron chi connectivity index (χ1n) is 13.2. The molecule has 9 heteroatoms. The smallest absolute Gasteiger partial charge is 0.299 e. The van der Waals surface area contributed by atoms with E-state index in [2.05, 4.69) is 5.32 Å². The van der Waals surface area contributed by atoms with Crippen LogP contribution in [0.5, 0.6) is 0 Å². The maximum Gasteiger partial charge on any atom is 0.299 e. The lowest BCUT2D eigenvalue weighted by atomic mass is 10.1. The van der Waals surface area contributed by atoms with Crippen molar-refractivity contribution < 1.29 is 19.2 Å². The summed E-state index contributed by atoms with van der Waals surface area (Å²) >= 11 is 1.37. The molecule has 3 amide bonds. The highest BCUT2D eigenvalue weighted by Crippen LogP contribution is 2.32. The van der Waals surface area contributed by atoms with Crippen LogP contribution in [0.4, 0.5) is 17.1 Å². The highest BCUT2D eigenvalue weighted by atomic mass is 32.1. The first kappa shape index (κ1) is 27.8. The lowest BCUT2D eigenvalue weighted by molar-refractivity contribution is -0.138. The Morgan fingerprint density at radius 3 is 2.29 bits per heavy atom. The molecule has 4 aromatic rings. The van der Waals surface area contributed by atoms with Gasteiger partial charge in [0.25, 0.3) is 17.6 Å². The zero-order valence-corrected chi connectivity index (χ0v) is 23.9. The standard InChI is InChI=1S/C32H30N4O4S/c1-21-9-4-5-10-22(21)19-36(28(37)20-35-26-12-7-6-11-25(26)30(38)32(35)40)29(27-13-8-18-41-27)31(39)33-23-14-16-24(17-15-23)34(2)3/h4-18,29H,19-20H2,1-3H3,(H,33,39)/t29-/m0/s1. The summed E-state index contributed by atoms with van der Waals surface area (Å²) in [6, 6.07) is 24.4. The molecule has 1 N–H and O–H groups in total. The Morgan fingerprint density at radius 2 is 1.61 bits per heavy atom. The molecule has 1 aliphatic rings. The van der Waals surface area contributed by atoms with E-state index in [0.29, 0.717) is 16.3 Å². The van der Waals surface area contributed by atoms with Gasteiger partial charge in [-0.15, -0.1) is 11.3 Å². The van der Waals surface area contributed by atoms with Gasteiger partial charge in [-0.25, -0.2) is 0 Å². The number of benzene rings is 3. The number of amides is 3. The van der Waals surface area contributed by atoms with Crippen molar-refractivity contribution >= 4 is 51.9 Å². The molecule has 8 nitrogen and oxygen atoms in total. The molecule has 208 valence electrons. The largest absolute Gasteiger partial charge is 0.378 e. The fourth-order valence-electron chi connectivity index (χ4n) is 4.85. The van der Waals surface area contributed by atoms with Crippen molar-refractivity contribution in [2.24, 2.45) is 0 Å². The Kier molecular flexibility index (Phi) is 7.98. The average molecular weight is 567 g/mol. The Morgan fingerprint density at radius 1 is 0.902 bits per heavy atom. The van der Waals surface area contributed by atoms with Crippen LogP contribution >= 0.6 is 11.3 Å². The van der Waals surface area contributed by atoms with Gasteiger partial charge in [-0.05, 0) is 65.9 Å².